The molecule has 0 spiro atoms. The smallest absolute Gasteiger partial charge is 0.332 e. The molecule has 0 aromatic heterocycles. The van der Waals surface area contributed by atoms with Crippen LogP contribution in [0.1, 0.15) is 26.2 Å². The number of carboxylic acids is 1. The highest BCUT2D eigenvalue weighted by Crippen LogP contribution is 2.29. The molecule has 0 aromatic rings. The second-order valence-electron chi connectivity index (χ2n) is 3.01. The summed E-state index contributed by atoms with van der Waals surface area (Å²) in [5, 5.41) is 8.58. The fourth-order valence-corrected chi connectivity index (χ4v) is 0.901. The van der Waals surface area contributed by atoms with E-state index in [1.165, 1.54) is 12.8 Å². The van der Waals surface area contributed by atoms with Crippen LogP contribution < -0.4 is 0 Å². The number of hydrogen-bond acceptors (Lipinski definition) is 2. The Hall–Kier alpha value is -0.570. The molecule has 1 aliphatic rings. The van der Waals surface area contributed by atoms with Crippen LogP contribution in [-0.2, 0) is 9.53 Å². The van der Waals surface area contributed by atoms with Crippen molar-refractivity contribution in [1.29, 1.82) is 0 Å². The Labute approximate surface area is 66.4 Å². The molecule has 64 valence electrons. The van der Waals surface area contributed by atoms with E-state index in [1.54, 1.807) is 0 Å². The molecular formula is C8H14O3. The maximum Gasteiger partial charge on any atom is 0.332 e. The van der Waals surface area contributed by atoms with Gasteiger partial charge in [-0.15, -0.1) is 0 Å². The average molecular weight is 158 g/mol. The van der Waals surface area contributed by atoms with Gasteiger partial charge in [-0.3, -0.25) is 0 Å². The minimum Gasteiger partial charge on any atom is -0.479 e. The molecule has 0 radical (unpaired) electrons. The van der Waals surface area contributed by atoms with Gasteiger partial charge < -0.3 is 9.84 Å². The second-order valence-corrected chi connectivity index (χ2v) is 3.01. The van der Waals surface area contributed by atoms with Gasteiger partial charge in [0.15, 0.2) is 6.10 Å². The molecule has 1 N–H and O–H groups in total. The number of ether oxygens (including phenoxy) is 1. The minimum absolute atomic E-state index is 0.558. The van der Waals surface area contributed by atoms with Gasteiger partial charge in [-0.25, -0.2) is 4.79 Å². The standard InChI is InChI=1S/C8H14O3/c1-2-7(8(9)10)11-5-6-3-4-6/h6-7H,2-5H2,1H3,(H,9,10). The van der Waals surface area contributed by atoms with Crippen molar-refractivity contribution in [2.45, 2.75) is 32.3 Å². The predicted octanol–water partition coefficient (Wildman–Crippen LogP) is 1.28. The van der Waals surface area contributed by atoms with Crippen molar-refractivity contribution >= 4 is 5.97 Å². The van der Waals surface area contributed by atoms with Crippen LogP contribution in [0.5, 0.6) is 0 Å². The lowest BCUT2D eigenvalue weighted by Crippen LogP contribution is -2.23. The van der Waals surface area contributed by atoms with E-state index in [2.05, 4.69) is 0 Å². The molecule has 0 aliphatic heterocycles. The van der Waals surface area contributed by atoms with Gasteiger partial charge in [-0.2, -0.15) is 0 Å². The minimum atomic E-state index is -0.840. The summed E-state index contributed by atoms with van der Waals surface area (Å²) in [4.78, 5) is 10.4. The second kappa shape index (κ2) is 3.72. The molecule has 11 heavy (non-hydrogen) atoms. The third kappa shape index (κ3) is 2.89. The predicted molar refractivity (Wildman–Crippen MR) is 40.4 cm³/mol. The number of carbonyl (C=O) groups is 1. The zero-order valence-corrected chi connectivity index (χ0v) is 6.75. The summed E-state index contributed by atoms with van der Waals surface area (Å²) in [6, 6.07) is 0. The third-order valence-electron chi connectivity index (χ3n) is 1.88. The normalized spacial score (nSPS) is 19.7. The Morgan fingerprint density at radius 3 is 2.73 bits per heavy atom. The van der Waals surface area contributed by atoms with Crippen LogP contribution in [0.4, 0.5) is 0 Å². The van der Waals surface area contributed by atoms with Crippen LogP contribution in [0.2, 0.25) is 0 Å². The molecule has 3 heteroatoms. The molecule has 3 nitrogen and oxygen atoms in total. The van der Waals surface area contributed by atoms with Crippen molar-refractivity contribution in [2.75, 3.05) is 6.61 Å². The maximum absolute atomic E-state index is 10.4. The first kappa shape index (κ1) is 8.53. The third-order valence-corrected chi connectivity index (χ3v) is 1.88. The Bertz CT molecular complexity index is 140. The van der Waals surface area contributed by atoms with E-state index >= 15 is 0 Å². The van der Waals surface area contributed by atoms with Crippen molar-refractivity contribution in [3.63, 3.8) is 0 Å². The fourth-order valence-electron chi connectivity index (χ4n) is 0.901. The van der Waals surface area contributed by atoms with E-state index in [4.69, 9.17) is 9.84 Å². The first-order valence-corrected chi connectivity index (χ1v) is 4.08. The van der Waals surface area contributed by atoms with E-state index in [9.17, 15) is 4.79 Å². The van der Waals surface area contributed by atoms with E-state index in [0.29, 0.717) is 18.9 Å². The lowest BCUT2D eigenvalue weighted by Gasteiger charge is -2.09. The molecule has 1 aliphatic carbocycles. The van der Waals surface area contributed by atoms with Crippen molar-refractivity contribution < 1.29 is 14.6 Å². The van der Waals surface area contributed by atoms with Gasteiger partial charge in [-0.05, 0) is 25.2 Å². The first-order valence-electron chi connectivity index (χ1n) is 4.08. The summed E-state index contributed by atoms with van der Waals surface area (Å²) in [7, 11) is 0. The zero-order chi connectivity index (χ0) is 8.27. The van der Waals surface area contributed by atoms with Crippen molar-refractivity contribution in [2.24, 2.45) is 5.92 Å². The molecule has 1 unspecified atom stereocenters. The van der Waals surface area contributed by atoms with Crippen LogP contribution >= 0.6 is 0 Å². The Kier molecular flexibility index (Phi) is 2.88. The van der Waals surface area contributed by atoms with E-state index in [-0.39, 0.29) is 0 Å². The summed E-state index contributed by atoms with van der Waals surface area (Å²) in [6.07, 6.45) is 2.38. The molecule has 0 amide bonds. The molecule has 0 aromatic carbocycles. The lowest BCUT2D eigenvalue weighted by atomic mass is 10.3. The topological polar surface area (TPSA) is 46.5 Å². The summed E-state index contributed by atoms with van der Waals surface area (Å²) in [6.45, 7) is 2.45. The van der Waals surface area contributed by atoms with Gasteiger partial charge in [0.2, 0.25) is 0 Å². The lowest BCUT2D eigenvalue weighted by molar-refractivity contribution is -0.150. The molecule has 1 rings (SSSR count). The molecule has 1 atom stereocenters. The SMILES string of the molecule is CCC(OCC1CC1)C(=O)O. The summed E-state index contributed by atoms with van der Waals surface area (Å²) < 4.78 is 5.18. The highest BCUT2D eigenvalue weighted by atomic mass is 16.5. The van der Waals surface area contributed by atoms with Crippen molar-refractivity contribution in [3.05, 3.63) is 0 Å². The molecule has 1 saturated carbocycles. The van der Waals surface area contributed by atoms with Gasteiger partial charge in [0.1, 0.15) is 0 Å². The number of hydrogen-bond donors (Lipinski definition) is 1. The van der Waals surface area contributed by atoms with Crippen LogP contribution in [0.3, 0.4) is 0 Å². The molecule has 0 heterocycles. The Balaban J connectivity index is 2.13. The Morgan fingerprint density at radius 1 is 1.73 bits per heavy atom. The largest absolute Gasteiger partial charge is 0.479 e. The monoisotopic (exact) mass is 158 g/mol. The van der Waals surface area contributed by atoms with Crippen LogP contribution in [0.15, 0.2) is 0 Å². The highest BCUT2D eigenvalue weighted by molar-refractivity contribution is 5.72. The van der Waals surface area contributed by atoms with E-state index in [1.807, 2.05) is 6.92 Å². The van der Waals surface area contributed by atoms with Gasteiger partial charge >= 0.3 is 5.97 Å². The van der Waals surface area contributed by atoms with Gasteiger partial charge in [0.05, 0.1) is 6.61 Å². The number of aliphatic carboxylic acids is 1. The van der Waals surface area contributed by atoms with E-state index < -0.39 is 12.1 Å². The maximum atomic E-state index is 10.4. The van der Waals surface area contributed by atoms with E-state index in [0.717, 1.165) is 0 Å². The quantitative estimate of drug-likeness (QED) is 0.655. The van der Waals surface area contributed by atoms with Crippen molar-refractivity contribution in [1.82, 2.24) is 0 Å². The Morgan fingerprint density at radius 2 is 2.36 bits per heavy atom. The first-order chi connectivity index (χ1) is 5.24. The van der Waals surface area contributed by atoms with Crippen LogP contribution in [-0.4, -0.2) is 23.8 Å². The number of carboxylic acid groups (broad SMARTS) is 1. The van der Waals surface area contributed by atoms with Gasteiger partial charge in [0, 0.05) is 0 Å². The van der Waals surface area contributed by atoms with Crippen molar-refractivity contribution in [3.8, 4) is 0 Å². The summed E-state index contributed by atoms with van der Waals surface area (Å²) in [5.74, 6) is -0.198. The van der Waals surface area contributed by atoms with Crippen LogP contribution in [0.25, 0.3) is 0 Å². The number of rotatable bonds is 5. The van der Waals surface area contributed by atoms with Gasteiger partial charge in [-0.1, -0.05) is 6.92 Å². The molecule has 0 bridgehead atoms. The fraction of sp³-hybridized carbons (Fsp3) is 0.875. The summed E-state index contributed by atoms with van der Waals surface area (Å²) >= 11 is 0. The molecule has 1 fully saturated rings. The molecule has 0 saturated heterocycles. The van der Waals surface area contributed by atoms with Gasteiger partial charge in [0.25, 0.3) is 0 Å². The zero-order valence-electron chi connectivity index (χ0n) is 6.75. The summed E-state index contributed by atoms with van der Waals surface area (Å²) in [5.41, 5.74) is 0. The molecular weight excluding hydrogens is 144 g/mol. The van der Waals surface area contributed by atoms with Crippen LogP contribution in [0, 0.1) is 5.92 Å². The average Bonchev–Trinajstić information content (AvgIpc) is 2.72. The highest BCUT2D eigenvalue weighted by Gasteiger charge is 2.24.